The first-order chi connectivity index (χ1) is 17.5. The SMILES string of the molecule is CCCCCCCCNC(=O)[C@H](Cc1ccc(O)c(OC)c1)[C@H](CO)Cc1ccc(OC)c(OC)c1. The van der Waals surface area contributed by atoms with Crippen LogP contribution in [-0.4, -0.2) is 50.6 Å². The molecule has 2 aromatic rings. The molecule has 7 nitrogen and oxygen atoms in total. The monoisotopic (exact) mass is 501 g/mol. The molecule has 0 fully saturated rings. The van der Waals surface area contributed by atoms with Gasteiger partial charge in [-0.3, -0.25) is 4.79 Å². The van der Waals surface area contributed by atoms with Gasteiger partial charge in [-0.1, -0.05) is 51.2 Å². The third-order valence-corrected chi connectivity index (χ3v) is 6.62. The predicted octanol–water partition coefficient (Wildman–Crippen LogP) is 4.90. The van der Waals surface area contributed by atoms with Gasteiger partial charge in [0.15, 0.2) is 23.0 Å². The van der Waals surface area contributed by atoms with Gasteiger partial charge in [0.2, 0.25) is 5.91 Å². The van der Waals surface area contributed by atoms with Gasteiger partial charge in [0, 0.05) is 19.1 Å². The van der Waals surface area contributed by atoms with Crippen molar-refractivity contribution in [1.82, 2.24) is 5.32 Å². The van der Waals surface area contributed by atoms with Gasteiger partial charge in [-0.2, -0.15) is 0 Å². The van der Waals surface area contributed by atoms with Crippen LogP contribution >= 0.6 is 0 Å². The number of aromatic hydroxyl groups is 1. The van der Waals surface area contributed by atoms with Crippen molar-refractivity contribution < 1.29 is 29.2 Å². The largest absolute Gasteiger partial charge is 0.504 e. The summed E-state index contributed by atoms with van der Waals surface area (Å²) in [7, 11) is 4.67. The van der Waals surface area contributed by atoms with Crippen molar-refractivity contribution in [2.45, 2.75) is 58.3 Å². The highest BCUT2D eigenvalue weighted by atomic mass is 16.5. The van der Waals surface area contributed by atoms with E-state index in [1.165, 1.54) is 32.8 Å². The second-order valence-corrected chi connectivity index (χ2v) is 9.21. The van der Waals surface area contributed by atoms with Crippen LogP contribution in [0.5, 0.6) is 23.0 Å². The number of nitrogens with one attached hydrogen (secondary N) is 1. The van der Waals surface area contributed by atoms with E-state index in [2.05, 4.69) is 12.2 Å². The standard InChI is InChI=1S/C29H43NO6/c1-5-6-7-8-9-10-15-30-29(33)24(17-22-11-13-25(32)27(18-22)35-3)23(20-31)16-21-12-14-26(34-2)28(19-21)36-4/h11-14,18-19,23-24,31-32H,5-10,15-17,20H2,1-4H3,(H,30,33)/t23-,24+/m0/s1. The maximum absolute atomic E-state index is 13.4. The topological polar surface area (TPSA) is 97.3 Å². The van der Waals surface area contributed by atoms with Gasteiger partial charge in [-0.15, -0.1) is 0 Å². The Labute approximate surface area is 215 Å². The van der Waals surface area contributed by atoms with Crippen molar-refractivity contribution in [2.24, 2.45) is 11.8 Å². The van der Waals surface area contributed by atoms with E-state index in [0.29, 0.717) is 36.6 Å². The predicted molar refractivity (Wildman–Crippen MR) is 142 cm³/mol. The maximum Gasteiger partial charge on any atom is 0.223 e. The van der Waals surface area contributed by atoms with E-state index in [1.54, 1.807) is 32.4 Å². The van der Waals surface area contributed by atoms with E-state index in [-0.39, 0.29) is 24.2 Å². The Balaban J connectivity index is 2.18. The van der Waals surface area contributed by atoms with Crippen LogP contribution in [0.25, 0.3) is 0 Å². The number of aliphatic hydroxyl groups is 1. The molecule has 3 N–H and O–H groups in total. The molecular formula is C29H43NO6. The number of ether oxygens (including phenoxy) is 3. The van der Waals surface area contributed by atoms with Crippen molar-refractivity contribution in [3.05, 3.63) is 47.5 Å². The van der Waals surface area contributed by atoms with E-state index >= 15 is 0 Å². The van der Waals surface area contributed by atoms with Crippen molar-refractivity contribution >= 4 is 5.91 Å². The molecule has 2 rings (SSSR count). The third kappa shape index (κ3) is 8.94. The van der Waals surface area contributed by atoms with Gasteiger partial charge in [0.1, 0.15) is 0 Å². The normalized spacial score (nSPS) is 12.6. The zero-order chi connectivity index (χ0) is 26.3. The molecule has 2 atom stereocenters. The fourth-order valence-corrected chi connectivity index (χ4v) is 4.47. The number of phenolic OH excluding ortho intramolecular Hbond substituents is 1. The summed E-state index contributed by atoms with van der Waals surface area (Å²) in [5.41, 5.74) is 1.80. The molecular weight excluding hydrogens is 458 g/mol. The third-order valence-electron chi connectivity index (χ3n) is 6.62. The van der Waals surface area contributed by atoms with Crippen LogP contribution in [0.15, 0.2) is 36.4 Å². The Hall–Kier alpha value is -2.93. The van der Waals surface area contributed by atoms with Gasteiger partial charge >= 0.3 is 0 Å². The lowest BCUT2D eigenvalue weighted by molar-refractivity contribution is -0.127. The Morgan fingerprint density at radius 3 is 2.11 bits per heavy atom. The first kappa shape index (κ1) is 29.3. The highest BCUT2D eigenvalue weighted by molar-refractivity contribution is 5.79. The molecule has 0 aliphatic heterocycles. The number of carbonyl (C=O) groups excluding carboxylic acids is 1. The first-order valence-electron chi connectivity index (χ1n) is 12.9. The van der Waals surface area contributed by atoms with Crippen LogP contribution in [-0.2, 0) is 17.6 Å². The first-order valence-corrected chi connectivity index (χ1v) is 12.9. The number of unbranched alkanes of at least 4 members (excludes halogenated alkanes) is 5. The second-order valence-electron chi connectivity index (χ2n) is 9.21. The van der Waals surface area contributed by atoms with Crippen molar-refractivity contribution in [3.63, 3.8) is 0 Å². The highest BCUT2D eigenvalue weighted by Gasteiger charge is 2.29. The van der Waals surface area contributed by atoms with Crippen molar-refractivity contribution in [2.75, 3.05) is 34.5 Å². The molecule has 7 heteroatoms. The van der Waals surface area contributed by atoms with Gasteiger partial charge < -0.3 is 29.7 Å². The van der Waals surface area contributed by atoms with Gasteiger partial charge in [-0.05, 0) is 60.6 Å². The number of amides is 1. The van der Waals surface area contributed by atoms with E-state index in [1.807, 2.05) is 18.2 Å². The number of methoxy groups -OCH3 is 3. The van der Waals surface area contributed by atoms with Crippen LogP contribution in [0.3, 0.4) is 0 Å². The molecule has 0 heterocycles. The summed E-state index contributed by atoms with van der Waals surface area (Å²) in [4.78, 5) is 13.4. The lowest BCUT2D eigenvalue weighted by Crippen LogP contribution is -2.39. The molecule has 0 aliphatic rings. The smallest absolute Gasteiger partial charge is 0.223 e. The molecule has 0 aliphatic carbocycles. The zero-order valence-electron chi connectivity index (χ0n) is 22.2. The van der Waals surface area contributed by atoms with E-state index < -0.39 is 5.92 Å². The van der Waals surface area contributed by atoms with E-state index in [9.17, 15) is 15.0 Å². The molecule has 0 saturated heterocycles. The van der Waals surface area contributed by atoms with Gasteiger partial charge in [-0.25, -0.2) is 0 Å². The fraction of sp³-hybridized carbons (Fsp3) is 0.552. The lowest BCUT2D eigenvalue weighted by Gasteiger charge is -2.26. The number of benzene rings is 2. The number of carbonyl (C=O) groups is 1. The van der Waals surface area contributed by atoms with Crippen LogP contribution in [0.4, 0.5) is 0 Å². The number of hydrogen-bond acceptors (Lipinski definition) is 6. The van der Waals surface area contributed by atoms with E-state index in [4.69, 9.17) is 14.2 Å². The summed E-state index contributed by atoms with van der Waals surface area (Å²) >= 11 is 0. The quantitative estimate of drug-likeness (QED) is 0.267. The average molecular weight is 502 g/mol. The Bertz CT molecular complexity index is 932. The summed E-state index contributed by atoms with van der Waals surface area (Å²) in [6, 6.07) is 10.8. The summed E-state index contributed by atoms with van der Waals surface area (Å²) < 4.78 is 16.0. The second kappa shape index (κ2) is 15.9. The zero-order valence-corrected chi connectivity index (χ0v) is 22.2. The molecule has 0 radical (unpaired) electrons. The van der Waals surface area contributed by atoms with Crippen LogP contribution in [0, 0.1) is 11.8 Å². The summed E-state index contributed by atoms with van der Waals surface area (Å²) in [6.45, 7) is 2.68. The van der Waals surface area contributed by atoms with Gasteiger partial charge in [0.25, 0.3) is 0 Å². The minimum absolute atomic E-state index is 0.0503. The summed E-state index contributed by atoms with van der Waals surface area (Å²) in [5.74, 6) is 0.804. The Morgan fingerprint density at radius 1 is 0.833 bits per heavy atom. The van der Waals surface area contributed by atoms with Crippen LogP contribution in [0.1, 0.15) is 56.6 Å². The molecule has 200 valence electrons. The van der Waals surface area contributed by atoms with E-state index in [0.717, 1.165) is 24.0 Å². The molecule has 2 aromatic carbocycles. The van der Waals surface area contributed by atoms with Crippen LogP contribution in [0.2, 0.25) is 0 Å². The Kier molecular flexibility index (Phi) is 13.0. The number of phenols is 1. The Morgan fingerprint density at radius 2 is 1.44 bits per heavy atom. The highest BCUT2D eigenvalue weighted by Crippen LogP contribution is 2.32. The summed E-state index contributed by atoms with van der Waals surface area (Å²) in [6.07, 6.45) is 7.82. The van der Waals surface area contributed by atoms with Crippen LogP contribution < -0.4 is 19.5 Å². The molecule has 0 unspecified atom stereocenters. The summed E-state index contributed by atoms with van der Waals surface area (Å²) in [5, 5.41) is 23.4. The number of hydrogen-bond donors (Lipinski definition) is 3. The molecule has 1 amide bonds. The van der Waals surface area contributed by atoms with Gasteiger partial charge in [0.05, 0.1) is 21.3 Å². The maximum atomic E-state index is 13.4. The number of rotatable bonds is 17. The molecule has 0 saturated carbocycles. The van der Waals surface area contributed by atoms with Crippen molar-refractivity contribution in [3.8, 4) is 23.0 Å². The molecule has 0 bridgehead atoms. The lowest BCUT2D eigenvalue weighted by atomic mass is 9.82. The number of aliphatic hydroxyl groups excluding tert-OH is 1. The molecule has 36 heavy (non-hydrogen) atoms. The molecule has 0 aromatic heterocycles. The molecule has 0 spiro atoms. The average Bonchev–Trinajstić information content (AvgIpc) is 2.90. The minimum Gasteiger partial charge on any atom is -0.504 e. The minimum atomic E-state index is -0.461. The fourth-order valence-electron chi connectivity index (χ4n) is 4.47. The van der Waals surface area contributed by atoms with Crippen molar-refractivity contribution in [1.29, 1.82) is 0 Å².